The van der Waals surface area contributed by atoms with Gasteiger partial charge in [0.2, 0.25) is 0 Å². The maximum atomic E-state index is 12.9. The molecule has 9 nitrogen and oxygen atoms in total. The van der Waals surface area contributed by atoms with E-state index in [9.17, 15) is 24.9 Å². The van der Waals surface area contributed by atoms with Crippen molar-refractivity contribution >= 4 is 16.9 Å². The summed E-state index contributed by atoms with van der Waals surface area (Å²) in [4.78, 5) is 25.1. The van der Waals surface area contributed by atoms with Gasteiger partial charge >= 0.3 is 5.97 Å². The fourth-order valence-corrected chi connectivity index (χ4v) is 3.96. The maximum Gasteiger partial charge on any atom is 0.312 e. The van der Waals surface area contributed by atoms with Crippen LogP contribution in [0.2, 0.25) is 0 Å². The predicted octanol–water partition coefficient (Wildman–Crippen LogP) is 2.75. The summed E-state index contributed by atoms with van der Waals surface area (Å²) >= 11 is 0. The summed E-state index contributed by atoms with van der Waals surface area (Å²) in [7, 11) is 1.73. The average molecular weight is 420 g/mol. The molecule has 2 aromatic carbocycles. The van der Waals surface area contributed by atoms with Gasteiger partial charge in [-0.25, -0.2) is 0 Å². The Balaban J connectivity index is 1.84. The van der Waals surface area contributed by atoms with Crippen molar-refractivity contribution in [3.63, 3.8) is 0 Å². The monoisotopic (exact) mass is 420 g/mol. The smallest absolute Gasteiger partial charge is 0.312 e. The van der Waals surface area contributed by atoms with Crippen molar-refractivity contribution in [2.45, 2.75) is 12.3 Å². The van der Waals surface area contributed by atoms with Crippen molar-refractivity contribution in [2.75, 3.05) is 0 Å². The molecular formula is C22H16N2O7. The lowest BCUT2D eigenvalue weighted by Gasteiger charge is -2.25. The zero-order valence-corrected chi connectivity index (χ0v) is 16.2. The number of benzene rings is 2. The molecule has 0 bridgehead atoms. The van der Waals surface area contributed by atoms with E-state index in [1.807, 2.05) is 0 Å². The lowest BCUT2D eigenvalue weighted by Crippen LogP contribution is -2.23. The first-order chi connectivity index (χ1) is 14.8. The van der Waals surface area contributed by atoms with Crippen molar-refractivity contribution in [3.8, 4) is 34.3 Å². The van der Waals surface area contributed by atoms with Crippen LogP contribution in [-0.2, 0) is 11.8 Å². The third-order valence-electron chi connectivity index (χ3n) is 5.40. The Morgan fingerprint density at radius 3 is 2.55 bits per heavy atom. The van der Waals surface area contributed by atoms with Crippen molar-refractivity contribution in [1.29, 1.82) is 0 Å². The Morgan fingerprint density at radius 2 is 1.84 bits per heavy atom. The van der Waals surface area contributed by atoms with Gasteiger partial charge in [0.05, 0.1) is 6.42 Å². The second kappa shape index (κ2) is 6.63. The number of carbonyl (C=O) groups is 1. The van der Waals surface area contributed by atoms with E-state index in [1.165, 1.54) is 30.3 Å². The fraction of sp³-hybridized carbons (Fsp3) is 0.136. The van der Waals surface area contributed by atoms with Gasteiger partial charge in [-0.1, -0.05) is 0 Å². The van der Waals surface area contributed by atoms with Crippen LogP contribution in [0.15, 0.2) is 51.8 Å². The van der Waals surface area contributed by atoms with Gasteiger partial charge < -0.3 is 24.5 Å². The molecule has 1 atom stereocenters. The van der Waals surface area contributed by atoms with Gasteiger partial charge in [0.15, 0.2) is 16.9 Å². The van der Waals surface area contributed by atoms with E-state index in [0.717, 1.165) is 0 Å². The number of fused-ring (bicyclic) bond motifs is 3. The number of esters is 1. The number of carbonyl (C=O) groups excluding carboxylic acids is 1. The highest BCUT2D eigenvalue weighted by molar-refractivity contribution is 5.93. The Kier molecular flexibility index (Phi) is 4.01. The van der Waals surface area contributed by atoms with E-state index in [0.29, 0.717) is 16.8 Å². The molecule has 31 heavy (non-hydrogen) atoms. The number of hydrogen-bond acceptors (Lipinski definition) is 8. The van der Waals surface area contributed by atoms with Crippen LogP contribution >= 0.6 is 0 Å². The van der Waals surface area contributed by atoms with Crippen LogP contribution in [0.5, 0.6) is 23.0 Å². The van der Waals surface area contributed by atoms with Gasteiger partial charge in [-0.3, -0.25) is 14.3 Å². The van der Waals surface area contributed by atoms with Crippen molar-refractivity contribution in [3.05, 3.63) is 64.1 Å². The second-order valence-electron chi connectivity index (χ2n) is 7.30. The minimum atomic E-state index is -0.515. The second-order valence-corrected chi connectivity index (χ2v) is 7.30. The number of ether oxygens (including phenoxy) is 1. The van der Waals surface area contributed by atoms with Crippen LogP contribution in [0.1, 0.15) is 23.6 Å². The molecule has 5 rings (SSSR count). The van der Waals surface area contributed by atoms with Gasteiger partial charge in [-0.2, -0.15) is 5.10 Å². The number of phenolic OH excluding ortho intramolecular Hbond substituents is 3. The molecule has 1 aliphatic rings. The molecule has 0 aliphatic carbocycles. The predicted molar refractivity (Wildman–Crippen MR) is 108 cm³/mol. The molecule has 1 aliphatic heterocycles. The van der Waals surface area contributed by atoms with Crippen molar-refractivity contribution in [1.82, 2.24) is 9.78 Å². The van der Waals surface area contributed by atoms with E-state index in [-0.39, 0.29) is 46.1 Å². The standard InChI is InChI=1S/C22H16N2O7/c1-24-12(4-5-23-24)11-7-19(29)30-18-9-16(28)21-15(27)8-17(31-22(21)20(11)18)10-2-3-13(25)14(26)6-10/h2-6,8-9,11,25-26,28H,7H2,1H3/t11-/m0/s1. The minimum Gasteiger partial charge on any atom is -0.507 e. The number of phenols is 3. The molecule has 4 aromatic rings. The normalized spacial score (nSPS) is 15.6. The van der Waals surface area contributed by atoms with E-state index in [2.05, 4.69) is 5.10 Å². The highest BCUT2D eigenvalue weighted by Crippen LogP contribution is 2.46. The average Bonchev–Trinajstić information content (AvgIpc) is 3.14. The van der Waals surface area contributed by atoms with Crippen LogP contribution in [0.25, 0.3) is 22.3 Å². The van der Waals surface area contributed by atoms with Crippen LogP contribution in [-0.4, -0.2) is 31.1 Å². The third-order valence-corrected chi connectivity index (χ3v) is 5.40. The summed E-state index contributed by atoms with van der Waals surface area (Å²) in [5.74, 6) is -1.86. The van der Waals surface area contributed by atoms with Gasteiger partial charge in [-0.05, 0) is 24.3 Å². The molecule has 2 aromatic heterocycles. The van der Waals surface area contributed by atoms with Gasteiger partial charge in [0.1, 0.15) is 28.2 Å². The molecule has 0 unspecified atom stereocenters. The van der Waals surface area contributed by atoms with Crippen LogP contribution in [0, 0.1) is 0 Å². The number of nitrogens with zero attached hydrogens (tertiary/aromatic N) is 2. The van der Waals surface area contributed by atoms with Crippen LogP contribution in [0.4, 0.5) is 0 Å². The highest BCUT2D eigenvalue weighted by atomic mass is 16.5. The Bertz CT molecular complexity index is 1430. The summed E-state index contributed by atoms with van der Waals surface area (Å²) in [5, 5.41) is 34.0. The molecule has 3 heterocycles. The first-order valence-corrected chi connectivity index (χ1v) is 9.38. The van der Waals surface area contributed by atoms with E-state index < -0.39 is 17.3 Å². The topological polar surface area (TPSA) is 135 Å². The van der Waals surface area contributed by atoms with Crippen molar-refractivity contribution in [2.24, 2.45) is 7.05 Å². The molecule has 0 saturated carbocycles. The van der Waals surface area contributed by atoms with Crippen LogP contribution < -0.4 is 10.2 Å². The quantitative estimate of drug-likeness (QED) is 0.256. The first kappa shape index (κ1) is 18.7. The number of aryl methyl sites for hydroxylation is 1. The minimum absolute atomic E-state index is 0.000341. The van der Waals surface area contributed by atoms with E-state index in [1.54, 1.807) is 24.0 Å². The van der Waals surface area contributed by atoms with Gasteiger partial charge in [0.25, 0.3) is 0 Å². The number of aromatic hydroxyl groups is 3. The van der Waals surface area contributed by atoms with E-state index in [4.69, 9.17) is 9.15 Å². The summed E-state index contributed by atoms with van der Waals surface area (Å²) in [6.45, 7) is 0. The van der Waals surface area contributed by atoms with Crippen LogP contribution in [0.3, 0.4) is 0 Å². The summed E-state index contributed by atoms with van der Waals surface area (Å²) in [6.07, 6.45) is 1.60. The Labute approximate surface area is 174 Å². The largest absolute Gasteiger partial charge is 0.507 e. The van der Waals surface area contributed by atoms with Gasteiger partial charge in [0, 0.05) is 48.1 Å². The maximum absolute atomic E-state index is 12.9. The molecule has 0 amide bonds. The summed E-state index contributed by atoms with van der Waals surface area (Å²) < 4.78 is 13.0. The summed E-state index contributed by atoms with van der Waals surface area (Å²) in [6, 6.07) is 8.19. The zero-order valence-electron chi connectivity index (χ0n) is 16.2. The molecular weight excluding hydrogens is 404 g/mol. The molecule has 9 heteroatoms. The first-order valence-electron chi connectivity index (χ1n) is 9.38. The van der Waals surface area contributed by atoms with Gasteiger partial charge in [-0.15, -0.1) is 0 Å². The fourth-order valence-electron chi connectivity index (χ4n) is 3.96. The van der Waals surface area contributed by atoms with E-state index >= 15 is 0 Å². The molecule has 0 saturated heterocycles. The molecule has 3 N–H and O–H groups in total. The molecule has 0 spiro atoms. The highest BCUT2D eigenvalue weighted by Gasteiger charge is 2.35. The number of aromatic nitrogens is 2. The Hall–Kier alpha value is -4.27. The lowest BCUT2D eigenvalue weighted by atomic mass is 9.88. The molecule has 0 fully saturated rings. The molecule has 156 valence electrons. The number of rotatable bonds is 2. The Morgan fingerprint density at radius 1 is 1.03 bits per heavy atom. The molecule has 0 radical (unpaired) electrons. The third kappa shape index (κ3) is 2.90. The van der Waals surface area contributed by atoms with Crippen molar-refractivity contribution < 1.29 is 29.3 Å². The SMILES string of the molecule is Cn1nccc1[C@@H]1CC(=O)Oc2cc(O)c3c(=O)cc(-c4ccc(O)c(O)c4)oc3c21. The zero-order chi connectivity index (χ0) is 21.9. The summed E-state index contributed by atoms with van der Waals surface area (Å²) in [5.41, 5.74) is 1.06. The lowest BCUT2D eigenvalue weighted by molar-refractivity contribution is -0.135. The number of hydrogen-bond donors (Lipinski definition) is 3.